The first-order valence-corrected chi connectivity index (χ1v) is 8.43. The first-order chi connectivity index (χ1) is 14.3. The number of hydrogen-bond acceptors (Lipinski definition) is 4. The van der Waals surface area contributed by atoms with Crippen LogP contribution in [0.5, 0.6) is 0 Å². The average molecular weight is 453 g/mol. The highest BCUT2D eigenvalue weighted by molar-refractivity contribution is 6.07. The summed E-state index contributed by atoms with van der Waals surface area (Å²) in [6.45, 7) is 0.707. The summed E-state index contributed by atoms with van der Waals surface area (Å²) in [5.74, 6) is -5.51. The van der Waals surface area contributed by atoms with E-state index in [1.807, 2.05) is 12.3 Å². The third-order valence-electron chi connectivity index (χ3n) is 3.61. The number of rotatable bonds is 3. The third-order valence-corrected chi connectivity index (χ3v) is 3.61. The van der Waals surface area contributed by atoms with Crippen molar-refractivity contribution < 1.29 is 46.1 Å². The Bertz CT molecular complexity index is 1010. The number of carboxylic acids is 2. The number of aromatic amines is 1. The number of para-hydroxylation sites is 1. The largest absolute Gasteiger partial charge is 0.490 e. The molecule has 31 heavy (non-hydrogen) atoms. The fourth-order valence-corrected chi connectivity index (χ4v) is 2.29. The number of hydrogen-bond donors (Lipinski definition) is 4. The molecule has 2 heterocycles. The molecule has 0 fully saturated rings. The van der Waals surface area contributed by atoms with Gasteiger partial charge >= 0.3 is 24.3 Å². The number of carbonyl (C=O) groups is 2. The van der Waals surface area contributed by atoms with Crippen molar-refractivity contribution in [3.8, 4) is 0 Å². The molecule has 0 amide bonds. The maximum atomic E-state index is 10.6. The Balaban J connectivity index is 0.000000288. The van der Waals surface area contributed by atoms with Gasteiger partial charge in [0.2, 0.25) is 0 Å². The summed E-state index contributed by atoms with van der Waals surface area (Å²) in [6, 6.07) is 10.4. The van der Waals surface area contributed by atoms with Crippen LogP contribution in [0, 0.1) is 0 Å². The fourth-order valence-electron chi connectivity index (χ4n) is 2.29. The molecular formula is C18H17F6N3O4. The maximum Gasteiger partial charge on any atom is 0.490 e. The Kier molecular flexibility index (Phi) is 8.79. The van der Waals surface area contributed by atoms with Gasteiger partial charge in [0.05, 0.1) is 11.2 Å². The van der Waals surface area contributed by atoms with Crippen LogP contribution >= 0.6 is 0 Å². The number of pyridine rings is 1. The average Bonchev–Trinajstić information content (AvgIpc) is 3.05. The topological polar surface area (TPSA) is 129 Å². The standard InChI is InChI=1S/C14H15N3.2C2HF3O2/c15-8-3-6-13-14-11(7-9-16-13)10-4-1-2-5-12(10)17-14;2*3-2(4,5)1(6)7/h1-2,4-5,7,9,17H,3,6,8,15H2;2*(H,6,7). The van der Waals surface area contributed by atoms with E-state index in [1.54, 1.807) is 0 Å². The van der Waals surface area contributed by atoms with Crippen LogP contribution in [0.25, 0.3) is 21.8 Å². The van der Waals surface area contributed by atoms with E-state index in [2.05, 4.69) is 34.2 Å². The summed E-state index contributed by atoms with van der Waals surface area (Å²) in [4.78, 5) is 25.7. The molecular weight excluding hydrogens is 436 g/mol. The molecule has 0 spiro atoms. The Morgan fingerprint density at radius 3 is 1.94 bits per heavy atom. The van der Waals surface area contributed by atoms with Gasteiger partial charge in [-0.3, -0.25) is 4.98 Å². The number of nitrogens with two attached hydrogens (primary N) is 1. The zero-order valence-corrected chi connectivity index (χ0v) is 15.6. The molecule has 2 aromatic heterocycles. The van der Waals surface area contributed by atoms with Crippen LogP contribution in [-0.4, -0.2) is 51.0 Å². The minimum atomic E-state index is -5.08. The van der Waals surface area contributed by atoms with Crippen molar-refractivity contribution in [1.82, 2.24) is 9.97 Å². The normalized spacial score (nSPS) is 11.3. The summed E-state index contributed by atoms with van der Waals surface area (Å²) < 4.78 is 63.5. The van der Waals surface area contributed by atoms with Gasteiger partial charge in [-0.2, -0.15) is 26.3 Å². The molecule has 1 aromatic carbocycles. The van der Waals surface area contributed by atoms with E-state index in [9.17, 15) is 26.3 Å². The summed E-state index contributed by atoms with van der Waals surface area (Å²) in [6.07, 6.45) is -6.38. The van der Waals surface area contributed by atoms with Crippen LogP contribution in [0.15, 0.2) is 36.5 Å². The van der Waals surface area contributed by atoms with Crippen molar-refractivity contribution >= 4 is 33.7 Å². The Morgan fingerprint density at radius 2 is 1.45 bits per heavy atom. The van der Waals surface area contributed by atoms with Crippen molar-refractivity contribution in [3.05, 3.63) is 42.2 Å². The van der Waals surface area contributed by atoms with Crippen LogP contribution in [0.1, 0.15) is 12.1 Å². The molecule has 0 atom stereocenters. The number of H-pyrrole nitrogens is 1. The van der Waals surface area contributed by atoms with Gasteiger partial charge in [0.1, 0.15) is 0 Å². The lowest BCUT2D eigenvalue weighted by Gasteiger charge is -2.00. The number of nitrogens with zero attached hydrogens (tertiary/aromatic N) is 1. The summed E-state index contributed by atoms with van der Waals surface area (Å²) >= 11 is 0. The van der Waals surface area contributed by atoms with E-state index in [0.29, 0.717) is 6.54 Å². The van der Waals surface area contributed by atoms with Gasteiger partial charge in [-0.05, 0) is 31.5 Å². The van der Waals surface area contributed by atoms with Crippen LogP contribution in [0.3, 0.4) is 0 Å². The monoisotopic (exact) mass is 453 g/mol. The highest BCUT2D eigenvalue weighted by Gasteiger charge is 2.38. The summed E-state index contributed by atoms with van der Waals surface area (Å²) in [5.41, 5.74) is 9.00. The molecule has 3 aromatic rings. The molecule has 0 saturated heterocycles. The quantitative estimate of drug-likeness (QED) is 0.446. The summed E-state index contributed by atoms with van der Waals surface area (Å²) in [5, 5.41) is 16.8. The summed E-state index contributed by atoms with van der Waals surface area (Å²) in [7, 11) is 0. The van der Waals surface area contributed by atoms with Crippen molar-refractivity contribution in [2.75, 3.05) is 6.54 Å². The third kappa shape index (κ3) is 7.77. The van der Waals surface area contributed by atoms with Gasteiger partial charge in [0.15, 0.2) is 0 Å². The Labute approximate surface area is 170 Å². The van der Waals surface area contributed by atoms with Crippen molar-refractivity contribution in [1.29, 1.82) is 0 Å². The molecule has 0 aliphatic rings. The highest BCUT2D eigenvalue weighted by Crippen LogP contribution is 2.26. The lowest BCUT2D eigenvalue weighted by Crippen LogP contribution is -2.21. The number of aromatic nitrogens is 2. The lowest BCUT2D eigenvalue weighted by atomic mass is 10.1. The van der Waals surface area contributed by atoms with Crippen molar-refractivity contribution in [3.63, 3.8) is 0 Å². The predicted octanol–water partition coefficient (Wildman–Crippen LogP) is 3.87. The zero-order valence-electron chi connectivity index (χ0n) is 15.6. The molecule has 0 bridgehead atoms. The van der Waals surface area contributed by atoms with E-state index < -0.39 is 24.3 Å². The zero-order chi connectivity index (χ0) is 23.8. The number of benzene rings is 1. The molecule has 0 aliphatic heterocycles. The number of aryl methyl sites for hydroxylation is 1. The number of halogens is 6. The molecule has 0 aliphatic carbocycles. The van der Waals surface area contributed by atoms with Gasteiger partial charge in [-0.25, -0.2) is 9.59 Å². The Morgan fingerprint density at radius 1 is 0.935 bits per heavy atom. The molecule has 5 N–H and O–H groups in total. The first-order valence-electron chi connectivity index (χ1n) is 8.43. The van der Waals surface area contributed by atoms with Crippen LogP contribution in [0.2, 0.25) is 0 Å². The molecule has 170 valence electrons. The van der Waals surface area contributed by atoms with E-state index in [4.69, 9.17) is 25.5 Å². The second-order valence-corrected chi connectivity index (χ2v) is 5.85. The van der Waals surface area contributed by atoms with Gasteiger partial charge in [0, 0.05) is 22.5 Å². The van der Waals surface area contributed by atoms with Crippen molar-refractivity contribution in [2.45, 2.75) is 25.2 Å². The number of nitrogens with one attached hydrogen (secondary N) is 1. The van der Waals surface area contributed by atoms with Gasteiger partial charge < -0.3 is 20.9 Å². The van der Waals surface area contributed by atoms with Crippen LogP contribution < -0.4 is 5.73 Å². The SMILES string of the molecule is NCCCc1nccc2c1[nH]c1ccccc12.O=C(O)C(F)(F)F.O=C(O)C(F)(F)F. The maximum absolute atomic E-state index is 10.6. The molecule has 7 nitrogen and oxygen atoms in total. The number of alkyl halides is 6. The molecule has 3 rings (SSSR count). The highest BCUT2D eigenvalue weighted by atomic mass is 19.4. The lowest BCUT2D eigenvalue weighted by molar-refractivity contribution is -0.193. The number of fused-ring (bicyclic) bond motifs is 3. The predicted molar refractivity (Wildman–Crippen MR) is 98.4 cm³/mol. The van der Waals surface area contributed by atoms with E-state index in [1.165, 1.54) is 16.3 Å². The second kappa shape index (κ2) is 10.6. The number of aliphatic carboxylic acids is 2. The minimum absolute atomic E-state index is 0.707. The van der Waals surface area contributed by atoms with Crippen molar-refractivity contribution in [2.24, 2.45) is 5.73 Å². The molecule has 13 heteroatoms. The van der Waals surface area contributed by atoms with E-state index >= 15 is 0 Å². The molecule has 0 unspecified atom stereocenters. The Hall–Kier alpha value is -3.35. The molecule has 0 radical (unpaired) electrons. The smallest absolute Gasteiger partial charge is 0.475 e. The van der Waals surface area contributed by atoms with Gasteiger partial charge in [-0.15, -0.1) is 0 Å². The number of carboxylic acid groups (broad SMARTS) is 2. The minimum Gasteiger partial charge on any atom is -0.475 e. The molecule has 0 saturated carbocycles. The van der Waals surface area contributed by atoms with Crippen LogP contribution in [-0.2, 0) is 16.0 Å². The van der Waals surface area contributed by atoms with Gasteiger partial charge in [-0.1, -0.05) is 18.2 Å². The first kappa shape index (κ1) is 25.7. The van der Waals surface area contributed by atoms with Gasteiger partial charge in [0.25, 0.3) is 0 Å². The van der Waals surface area contributed by atoms with E-state index in [-0.39, 0.29) is 0 Å². The van der Waals surface area contributed by atoms with Crippen LogP contribution in [0.4, 0.5) is 26.3 Å². The fraction of sp³-hybridized carbons (Fsp3) is 0.278. The second-order valence-electron chi connectivity index (χ2n) is 5.85. The van der Waals surface area contributed by atoms with E-state index in [0.717, 1.165) is 24.1 Å².